The van der Waals surface area contributed by atoms with E-state index in [1.807, 2.05) is 20.9 Å². The molecule has 0 radical (unpaired) electrons. The second-order valence-electron chi connectivity index (χ2n) is 4.09. The Bertz CT molecular complexity index is 637. The van der Waals surface area contributed by atoms with Crippen molar-refractivity contribution in [3.8, 4) is 17.6 Å². The first-order valence-corrected chi connectivity index (χ1v) is 5.50. The number of anilines is 1. The lowest BCUT2D eigenvalue weighted by atomic mass is 10.2. The van der Waals surface area contributed by atoms with Gasteiger partial charge in [-0.3, -0.25) is 4.68 Å². The summed E-state index contributed by atoms with van der Waals surface area (Å²) in [6.45, 7) is 3.78. The largest absolute Gasteiger partial charge is 0.452 e. The maximum absolute atomic E-state index is 9.06. The molecule has 5 heteroatoms. The summed E-state index contributed by atoms with van der Waals surface area (Å²) in [6, 6.07) is 7.06. The second-order valence-corrected chi connectivity index (χ2v) is 4.09. The predicted octanol–water partition coefficient (Wildman–Crippen LogP) is 2.28. The summed E-state index contributed by atoms with van der Waals surface area (Å²) in [5, 5.41) is 13.3. The number of benzene rings is 1. The van der Waals surface area contributed by atoms with Crippen molar-refractivity contribution in [1.29, 1.82) is 5.26 Å². The van der Waals surface area contributed by atoms with Crippen molar-refractivity contribution in [3.05, 3.63) is 35.2 Å². The molecule has 0 fully saturated rings. The third kappa shape index (κ3) is 2.00. The minimum Gasteiger partial charge on any atom is -0.452 e. The van der Waals surface area contributed by atoms with E-state index in [9.17, 15) is 0 Å². The Balaban J connectivity index is 2.44. The van der Waals surface area contributed by atoms with Gasteiger partial charge in [-0.25, -0.2) is 0 Å². The Hall–Kier alpha value is -2.48. The van der Waals surface area contributed by atoms with Gasteiger partial charge in [0.2, 0.25) is 0 Å². The molecule has 0 saturated carbocycles. The molecule has 2 N–H and O–H groups in total. The van der Waals surface area contributed by atoms with Crippen LogP contribution in [0.15, 0.2) is 18.2 Å². The summed E-state index contributed by atoms with van der Waals surface area (Å²) in [5.74, 6) is 1.17. The van der Waals surface area contributed by atoms with Crippen molar-refractivity contribution in [2.24, 2.45) is 7.05 Å². The normalized spacial score (nSPS) is 10.1. The molecule has 0 bridgehead atoms. The maximum Gasteiger partial charge on any atom is 0.171 e. The number of hydrogen-bond donors (Lipinski definition) is 1. The van der Waals surface area contributed by atoms with Gasteiger partial charge in [0, 0.05) is 12.7 Å². The van der Waals surface area contributed by atoms with Gasteiger partial charge in [-0.15, -0.1) is 0 Å². The monoisotopic (exact) mass is 242 g/mol. The number of aromatic nitrogens is 2. The average Bonchev–Trinajstić information content (AvgIpc) is 2.58. The van der Waals surface area contributed by atoms with Crippen molar-refractivity contribution < 1.29 is 4.74 Å². The zero-order valence-electron chi connectivity index (χ0n) is 10.6. The lowest BCUT2D eigenvalue weighted by molar-refractivity contribution is 0.472. The molecule has 1 aromatic carbocycles. The van der Waals surface area contributed by atoms with E-state index in [0.29, 0.717) is 22.7 Å². The molecule has 1 heterocycles. The van der Waals surface area contributed by atoms with Crippen molar-refractivity contribution in [2.75, 3.05) is 5.73 Å². The van der Waals surface area contributed by atoms with Crippen LogP contribution in [0.3, 0.4) is 0 Å². The first-order valence-electron chi connectivity index (χ1n) is 5.50. The molecule has 0 atom stereocenters. The number of nitrogens with zero attached hydrogens (tertiary/aromatic N) is 3. The van der Waals surface area contributed by atoms with Crippen LogP contribution in [0, 0.1) is 25.2 Å². The number of ether oxygens (including phenoxy) is 1. The zero-order chi connectivity index (χ0) is 13.3. The number of rotatable bonds is 2. The average molecular weight is 242 g/mol. The van der Waals surface area contributed by atoms with E-state index < -0.39 is 0 Å². The molecule has 1 aromatic heterocycles. The highest BCUT2D eigenvalue weighted by Crippen LogP contribution is 2.30. The first-order chi connectivity index (χ1) is 8.52. The second kappa shape index (κ2) is 4.41. The van der Waals surface area contributed by atoms with Crippen LogP contribution >= 0.6 is 0 Å². The summed E-state index contributed by atoms with van der Waals surface area (Å²) in [5.41, 5.74) is 8.29. The van der Waals surface area contributed by atoms with Gasteiger partial charge in [-0.1, -0.05) is 0 Å². The van der Waals surface area contributed by atoms with Crippen LogP contribution in [-0.2, 0) is 7.05 Å². The van der Waals surface area contributed by atoms with E-state index in [1.54, 1.807) is 22.9 Å². The van der Waals surface area contributed by atoms with E-state index in [4.69, 9.17) is 15.7 Å². The van der Waals surface area contributed by atoms with Crippen molar-refractivity contribution in [1.82, 2.24) is 9.78 Å². The Labute approximate surface area is 105 Å². The lowest BCUT2D eigenvalue weighted by Crippen LogP contribution is -1.94. The Morgan fingerprint density at radius 1 is 1.39 bits per heavy atom. The number of nitriles is 1. The van der Waals surface area contributed by atoms with Crippen molar-refractivity contribution >= 4 is 5.69 Å². The molecule has 5 nitrogen and oxygen atoms in total. The Morgan fingerprint density at radius 2 is 2.11 bits per heavy atom. The van der Waals surface area contributed by atoms with E-state index in [-0.39, 0.29) is 0 Å². The summed E-state index contributed by atoms with van der Waals surface area (Å²) in [6.07, 6.45) is 0. The van der Waals surface area contributed by atoms with Crippen LogP contribution in [0.25, 0.3) is 0 Å². The molecule has 0 amide bonds. The molecule has 0 aliphatic carbocycles. The molecular formula is C13H14N4O. The summed E-state index contributed by atoms with van der Waals surface area (Å²) >= 11 is 0. The number of nitrogen functional groups attached to an aromatic ring is 1. The zero-order valence-corrected chi connectivity index (χ0v) is 10.6. The van der Waals surface area contributed by atoms with Crippen LogP contribution in [0.1, 0.15) is 17.0 Å². The molecule has 0 unspecified atom stereocenters. The van der Waals surface area contributed by atoms with Gasteiger partial charge in [-0.2, -0.15) is 10.4 Å². The Kier molecular flexibility index (Phi) is 2.94. The molecule has 0 aliphatic heterocycles. The fourth-order valence-corrected chi connectivity index (χ4v) is 1.74. The quantitative estimate of drug-likeness (QED) is 0.819. The van der Waals surface area contributed by atoms with Crippen LogP contribution in [-0.4, -0.2) is 9.78 Å². The fourth-order valence-electron chi connectivity index (χ4n) is 1.74. The lowest BCUT2D eigenvalue weighted by Gasteiger charge is -2.08. The minimum atomic E-state index is 0.414. The molecule has 92 valence electrons. The first kappa shape index (κ1) is 12.0. The SMILES string of the molecule is Cc1nn(C)c(C)c1Oc1ccc(N)cc1C#N. The van der Waals surface area contributed by atoms with Crippen LogP contribution in [0.4, 0.5) is 5.69 Å². The molecular weight excluding hydrogens is 228 g/mol. The molecule has 2 aromatic rings. The smallest absolute Gasteiger partial charge is 0.171 e. The van der Waals surface area contributed by atoms with Gasteiger partial charge in [0.1, 0.15) is 17.5 Å². The number of hydrogen-bond acceptors (Lipinski definition) is 4. The maximum atomic E-state index is 9.06. The summed E-state index contributed by atoms with van der Waals surface area (Å²) in [4.78, 5) is 0. The third-order valence-corrected chi connectivity index (χ3v) is 2.78. The molecule has 18 heavy (non-hydrogen) atoms. The fraction of sp³-hybridized carbons (Fsp3) is 0.231. The van der Waals surface area contributed by atoms with Crippen LogP contribution < -0.4 is 10.5 Å². The highest BCUT2D eigenvalue weighted by Gasteiger charge is 2.13. The topological polar surface area (TPSA) is 76.9 Å². The Morgan fingerprint density at radius 3 is 2.67 bits per heavy atom. The van der Waals surface area contributed by atoms with E-state index in [1.165, 1.54) is 0 Å². The van der Waals surface area contributed by atoms with Gasteiger partial charge < -0.3 is 10.5 Å². The van der Waals surface area contributed by atoms with Gasteiger partial charge in [-0.05, 0) is 32.0 Å². The van der Waals surface area contributed by atoms with E-state index in [0.717, 1.165) is 11.4 Å². The van der Waals surface area contributed by atoms with Crippen LogP contribution in [0.5, 0.6) is 11.5 Å². The van der Waals surface area contributed by atoms with Gasteiger partial charge in [0.05, 0.1) is 11.3 Å². The predicted molar refractivity (Wildman–Crippen MR) is 68.3 cm³/mol. The highest BCUT2D eigenvalue weighted by molar-refractivity contribution is 5.54. The summed E-state index contributed by atoms with van der Waals surface area (Å²) < 4.78 is 7.52. The molecule has 2 rings (SSSR count). The van der Waals surface area contributed by atoms with Gasteiger partial charge in [0.15, 0.2) is 5.75 Å². The van der Waals surface area contributed by atoms with Gasteiger partial charge >= 0.3 is 0 Å². The molecule has 0 saturated heterocycles. The number of nitrogens with two attached hydrogens (primary N) is 1. The van der Waals surface area contributed by atoms with Crippen molar-refractivity contribution in [2.45, 2.75) is 13.8 Å². The highest BCUT2D eigenvalue weighted by atomic mass is 16.5. The minimum absolute atomic E-state index is 0.414. The summed E-state index contributed by atoms with van der Waals surface area (Å²) in [7, 11) is 1.85. The third-order valence-electron chi connectivity index (χ3n) is 2.78. The van der Waals surface area contributed by atoms with E-state index >= 15 is 0 Å². The standard InChI is InChI=1S/C13H14N4O/c1-8-13(9(2)17(3)16-8)18-12-5-4-11(15)6-10(12)7-14/h4-6H,15H2,1-3H3. The van der Waals surface area contributed by atoms with Crippen LogP contribution in [0.2, 0.25) is 0 Å². The van der Waals surface area contributed by atoms with Gasteiger partial charge in [0.25, 0.3) is 0 Å². The number of aryl methyl sites for hydroxylation is 2. The molecule has 0 aliphatic rings. The molecule has 0 spiro atoms. The van der Waals surface area contributed by atoms with Crippen molar-refractivity contribution in [3.63, 3.8) is 0 Å². The van der Waals surface area contributed by atoms with E-state index in [2.05, 4.69) is 11.2 Å².